The molecule has 3 aromatic rings. The van der Waals surface area contributed by atoms with E-state index in [9.17, 15) is 9.18 Å². The average Bonchev–Trinajstić information content (AvgIpc) is 3.27. The molecule has 1 saturated heterocycles. The Bertz CT molecular complexity index is 1020. The number of hydrogen-bond acceptors (Lipinski definition) is 6. The van der Waals surface area contributed by atoms with Gasteiger partial charge in [0.05, 0.1) is 17.9 Å². The monoisotopic (exact) mass is 425 g/mol. The number of aromatic nitrogens is 4. The quantitative estimate of drug-likeness (QED) is 0.653. The second kappa shape index (κ2) is 9.09. The van der Waals surface area contributed by atoms with Gasteiger partial charge in [-0.25, -0.2) is 23.8 Å². The molecule has 31 heavy (non-hydrogen) atoms. The topological polar surface area (TPSA) is 97.2 Å². The molecule has 0 radical (unpaired) electrons. The predicted molar refractivity (Wildman–Crippen MR) is 114 cm³/mol. The Balaban J connectivity index is 1.32. The van der Waals surface area contributed by atoms with Crippen LogP contribution in [0.5, 0.6) is 0 Å². The van der Waals surface area contributed by atoms with Crippen LogP contribution in [0.15, 0.2) is 49.2 Å². The predicted octanol–water partition coefficient (Wildman–Crippen LogP) is 2.74. The van der Waals surface area contributed by atoms with E-state index in [1.807, 2.05) is 24.8 Å². The van der Waals surface area contributed by atoms with Crippen molar-refractivity contribution in [3.05, 3.63) is 60.6 Å². The van der Waals surface area contributed by atoms with Crippen molar-refractivity contribution in [1.82, 2.24) is 25.1 Å². The van der Waals surface area contributed by atoms with Gasteiger partial charge in [0.1, 0.15) is 18.5 Å². The lowest BCUT2D eigenvalue weighted by molar-refractivity contribution is -0.00539. The van der Waals surface area contributed by atoms with Crippen LogP contribution in [0.2, 0.25) is 0 Å². The van der Waals surface area contributed by atoms with Crippen molar-refractivity contribution >= 4 is 17.4 Å². The van der Waals surface area contributed by atoms with E-state index in [2.05, 4.69) is 25.7 Å². The van der Waals surface area contributed by atoms with Crippen LogP contribution in [0.4, 0.5) is 20.6 Å². The third-order valence-electron chi connectivity index (χ3n) is 4.88. The number of anilines is 2. The molecule has 2 N–H and O–H groups in total. The number of pyridine rings is 1. The van der Waals surface area contributed by atoms with Gasteiger partial charge in [-0.05, 0) is 43.7 Å². The summed E-state index contributed by atoms with van der Waals surface area (Å²) >= 11 is 0. The normalized spacial score (nSPS) is 18.6. The van der Waals surface area contributed by atoms with Gasteiger partial charge in [0.15, 0.2) is 5.82 Å². The highest BCUT2D eigenvalue weighted by Gasteiger charge is 2.24. The number of carbonyl (C=O) groups excluding carboxylic acids is 1. The summed E-state index contributed by atoms with van der Waals surface area (Å²) in [5.74, 6) is 0.248. The lowest BCUT2D eigenvalue weighted by Gasteiger charge is -2.37. The van der Waals surface area contributed by atoms with Crippen LogP contribution in [0.3, 0.4) is 0 Å². The van der Waals surface area contributed by atoms with Gasteiger partial charge in [-0.3, -0.25) is 0 Å². The van der Waals surface area contributed by atoms with Crippen LogP contribution >= 0.6 is 0 Å². The molecule has 9 nitrogen and oxygen atoms in total. The van der Waals surface area contributed by atoms with E-state index < -0.39 is 6.03 Å². The first-order valence-electron chi connectivity index (χ1n) is 10.0. The summed E-state index contributed by atoms with van der Waals surface area (Å²) in [5.41, 5.74) is 1.70. The number of benzene rings is 1. The highest BCUT2D eigenvalue weighted by molar-refractivity contribution is 5.89. The summed E-state index contributed by atoms with van der Waals surface area (Å²) in [5, 5.41) is 9.41. The summed E-state index contributed by atoms with van der Waals surface area (Å²) in [7, 11) is 0. The molecular weight excluding hydrogens is 401 g/mol. The van der Waals surface area contributed by atoms with Gasteiger partial charge in [0.2, 0.25) is 0 Å². The molecule has 2 amide bonds. The second-order valence-corrected chi connectivity index (χ2v) is 7.50. The van der Waals surface area contributed by atoms with Gasteiger partial charge < -0.3 is 20.3 Å². The van der Waals surface area contributed by atoms with E-state index >= 15 is 0 Å². The first-order chi connectivity index (χ1) is 15.0. The summed E-state index contributed by atoms with van der Waals surface area (Å²) in [6.45, 7) is 5.47. The van der Waals surface area contributed by atoms with E-state index in [1.54, 1.807) is 35.4 Å². The highest BCUT2D eigenvalue weighted by Crippen LogP contribution is 2.26. The number of rotatable bonds is 5. The number of nitrogens with one attached hydrogen (secondary N) is 2. The molecule has 1 fully saturated rings. The van der Waals surface area contributed by atoms with Gasteiger partial charge in [0, 0.05) is 31.5 Å². The lowest BCUT2D eigenvalue weighted by Crippen LogP contribution is -2.45. The molecule has 162 valence electrons. The zero-order valence-electron chi connectivity index (χ0n) is 17.3. The van der Waals surface area contributed by atoms with Crippen molar-refractivity contribution in [3.8, 4) is 5.82 Å². The molecule has 3 heterocycles. The summed E-state index contributed by atoms with van der Waals surface area (Å²) in [6.07, 6.45) is 4.70. The van der Waals surface area contributed by atoms with E-state index in [1.165, 1.54) is 12.4 Å². The minimum absolute atomic E-state index is 0.0338. The fourth-order valence-corrected chi connectivity index (χ4v) is 3.56. The molecular formula is C21H24FN7O2. The molecule has 2 unspecified atom stereocenters. The van der Waals surface area contributed by atoms with Crippen molar-refractivity contribution in [2.45, 2.75) is 32.6 Å². The Labute approximate surface area is 179 Å². The molecule has 0 saturated carbocycles. The highest BCUT2D eigenvalue weighted by atomic mass is 19.1. The van der Waals surface area contributed by atoms with Crippen LogP contribution in [-0.4, -0.2) is 51.1 Å². The van der Waals surface area contributed by atoms with Gasteiger partial charge in [-0.1, -0.05) is 6.07 Å². The minimum atomic E-state index is -0.430. The number of hydrogen-bond donors (Lipinski definition) is 2. The Kier molecular flexibility index (Phi) is 6.08. The van der Waals surface area contributed by atoms with Crippen molar-refractivity contribution in [1.29, 1.82) is 0 Å². The fourth-order valence-electron chi connectivity index (χ4n) is 3.56. The number of nitrogens with zero attached hydrogens (tertiary/aromatic N) is 5. The molecule has 4 rings (SSSR count). The lowest BCUT2D eigenvalue weighted by atomic mass is 10.2. The molecule has 10 heteroatoms. The number of amides is 2. The van der Waals surface area contributed by atoms with Crippen LogP contribution in [0.1, 0.15) is 19.4 Å². The molecule has 1 aliphatic heterocycles. The first kappa shape index (κ1) is 20.7. The maximum absolute atomic E-state index is 14.7. The van der Waals surface area contributed by atoms with Crippen LogP contribution in [0.25, 0.3) is 5.82 Å². The largest absolute Gasteiger partial charge is 0.372 e. The zero-order valence-corrected chi connectivity index (χ0v) is 17.3. The Morgan fingerprint density at radius 2 is 2.03 bits per heavy atom. The minimum Gasteiger partial charge on any atom is -0.372 e. The van der Waals surface area contributed by atoms with E-state index in [-0.39, 0.29) is 24.6 Å². The number of ether oxygens (including phenoxy) is 1. The van der Waals surface area contributed by atoms with Crippen molar-refractivity contribution in [3.63, 3.8) is 0 Å². The van der Waals surface area contributed by atoms with Crippen LogP contribution in [0, 0.1) is 5.82 Å². The Morgan fingerprint density at radius 3 is 2.68 bits per heavy atom. The maximum Gasteiger partial charge on any atom is 0.319 e. The van der Waals surface area contributed by atoms with Crippen LogP contribution in [-0.2, 0) is 11.3 Å². The van der Waals surface area contributed by atoms with Crippen molar-refractivity contribution < 1.29 is 13.9 Å². The summed E-state index contributed by atoms with van der Waals surface area (Å²) in [6, 6.07) is 7.89. The molecule has 0 spiro atoms. The Morgan fingerprint density at radius 1 is 1.23 bits per heavy atom. The molecule has 1 aromatic carbocycles. The average molecular weight is 425 g/mol. The molecule has 0 bridgehead atoms. The van der Waals surface area contributed by atoms with Crippen LogP contribution < -0.4 is 15.5 Å². The maximum atomic E-state index is 14.7. The van der Waals surface area contributed by atoms with Gasteiger partial charge in [-0.2, -0.15) is 5.10 Å². The number of urea groups is 1. The standard InChI is InChI=1S/C21H24FN7O2/c1-14-10-28(11-15(2)31-14)19-5-4-17(7-18(19)22)27-21(30)25-9-16-3-6-20(24-8-16)29-13-23-12-26-29/h3-8,12-15H,9-11H2,1-2H3,(H2,25,27,30). The van der Waals surface area contributed by atoms with E-state index in [0.717, 1.165) is 5.56 Å². The fraction of sp³-hybridized carbons (Fsp3) is 0.333. The van der Waals surface area contributed by atoms with Gasteiger partial charge in [0.25, 0.3) is 0 Å². The molecule has 1 aliphatic rings. The zero-order chi connectivity index (χ0) is 21.8. The summed E-state index contributed by atoms with van der Waals surface area (Å²) < 4.78 is 21.9. The third-order valence-corrected chi connectivity index (χ3v) is 4.88. The van der Waals surface area contributed by atoms with Crippen molar-refractivity contribution in [2.75, 3.05) is 23.3 Å². The van der Waals surface area contributed by atoms with E-state index in [4.69, 9.17) is 4.74 Å². The third kappa shape index (κ3) is 5.15. The number of morpholine rings is 1. The summed E-state index contributed by atoms with van der Waals surface area (Å²) in [4.78, 5) is 22.3. The van der Waals surface area contributed by atoms with Gasteiger partial charge >= 0.3 is 6.03 Å². The first-order valence-corrected chi connectivity index (χ1v) is 10.0. The molecule has 2 atom stereocenters. The van der Waals surface area contributed by atoms with Crippen molar-refractivity contribution in [2.24, 2.45) is 0 Å². The molecule has 2 aromatic heterocycles. The molecule has 0 aliphatic carbocycles. The Hall–Kier alpha value is -3.53. The smallest absolute Gasteiger partial charge is 0.319 e. The van der Waals surface area contributed by atoms with Gasteiger partial charge in [-0.15, -0.1) is 0 Å². The van der Waals surface area contributed by atoms with E-state index in [0.29, 0.717) is 30.3 Å². The second-order valence-electron chi connectivity index (χ2n) is 7.50. The number of carbonyl (C=O) groups is 1. The number of halogens is 1. The SMILES string of the molecule is CC1CN(c2ccc(NC(=O)NCc3ccc(-n4cncn4)nc3)cc2F)CC(C)O1.